The summed E-state index contributed by atoms with van der Waals surface area (Å²) in [7, 11) is 0. The molecular formula is C13H15BrN2O. The van der Waals surface area contributed by atoms with Crippen LogP contribution >= 0.6 is 15.9 Å². The van der Waals surface area contributed by atoms with Gasteiger partial charge in [-0.2, -0.15) is 0 Å². The molecule has 0 N–H and O–H groups in total. The highest BCUT2D eigenvalue weighted by atomic mass is 79.9. The summed E-state index contributed by atoms with van der Waals surface area (Å²) in [6.45, 7) is 6.18. The van der Waals surface area contributed by atoms with E-state index in [0.29, 0.717) is 11.6 Å². The zero-order valence-corrected chi connectivity index (χ0v) is 11.8. The summed E-state index contributed by atoms with van der Waals surface area (Å²) in [6, 6.07) is 3.89. The molecule has 0 aliphatic rings. The second-order valence-corrected chi connectivity index (χ2v) is 5.12. The van der Waals surface area contributed by atoms with Gasteiger partial charge in [0.05, 0.1) is 5.69 Å². The first-order valence-electron chi connectivity index (χ1n) is 5.72. The van der Waals surface area contributed by atoms with Crippen LogP contribution in [0.2, 0.25) is 0 Å². The van der Waals surface area contributed by atoms with E-state index in [9.17, 15) is 4.79 Å². The van der Waals surface area contributed by atoms with Crippen molar-refractivity contribution >= 4 is 27.9 Å². The van der Waals surface area contributed by atoms with Gasteiger partial charge in [0, 0.05) is 16.1 Å². The molecule has 2 aromatic rings. The third kappa shape index (κ3) is 1.90. The summed E-state index contributed by atoms with van der Waals surface area (Å²) in [5.74, 6) is 0.299. The normalized spacial score (nSPS) is 12.9. The van der Waals surface area contributed by atoms with Gasteiger partial charge in [0.15, 0.2) is 6.29 Å². The van der Waals surface area contributed by atoms with Gasteiger partial charge < -0.3 is 0 Å². The number of pyridine rings is 1. The molecule has 90 valence electrons. The topological polar surface area (TPSA) is 34.4 Å². The van der Waals surface area contributed by atoms with Crippen molar-refractivity contribution in [1.82, 2.24) is 9.38 Å². The quantitative estimate of drug-likeness (QED) is 0.809. The van der Waals surface area contributed by atoms with Crippen molar-refractivity contribution in [2.45, 2.75) is 33.1 Å². The van der Waals surface area contributed by atoms with Crippen molar-refractivity contribution in [3.05, 3.63) is 33.7 Å². The van der Waals surface area contributed by atoms with Crippen molar-refractivity contribution in [2.75, 3.05) is 0 Å². The summed E-state index contributed by atoms with van der Waals surface area (Å²) in [4.78, 5) is 15.9. The van der Waals surface area contributed by atoms with E-state index < -0.39 is 0 Å². The van der Waals surface area contributed by atoms with E-state index in [0.717, 1.165) is 34.2 Å². The lowest BCUT2D eigenvalue weighted by atomic mass is 10.0. The average Bonchev–Trinajstić information content (AvgIpc) is 2.72. The Bertz CT molecular complexity index is 574. The van der Waals surface area contributed by atoms with Crippen molar-refractivity contribution in [3.63, 3.8) is 0 Å². The van der Waals surface area contributed by atoms with Crippen LogP contribution in [0.15, 0.2) is 16.6 Å². The zero-order valence-electron chi connectivity index (χ0n) is 10.2. The van der Waals surface area contributed by atoms with Crippen molar-refractivity contribution < 1.29 is 4.79 Å². The number of rotatable bonds is 3. The van der Waals surface area contributed by atoms with Crippen LogP contribution in [-0.4, -0.2) is 15.7 Å². The van der Waals surface area contributed by atoms with Crippen LogP contribution in [-0.2, 0) is 0 Å². The van der Waals surface area contributed by atoms with Crippen molar-refractivity contribution in [3.8, 4) is 0 Å². The number of carbonyl (C=O) groups excluding carboxylic acids is 1. The maximum Gasteiger partial charge on any atom is 0.168 e. The fourth-order valence-corrected chi connectivity index (χ4v) is 2.29. The molecule has 17 heavy (non-hydrogen) atoms. The summed E-state index contributed by atoms with van der Waals surface area (Å²) in [5.41, 5.74) is 3.41. The first kappa shape index (κ1) is 12.3. The molecule has 0 fully saturated rings. The molecule has 2 heterocycles. The van der Waals surface area contributed by atoms with Gasteiger partial charge in [-0.15, -0.1) is 0 Å². The molecule has 3 nitrogen and oxygen atoms in total. The number of nitrogens with zero attached hydrogens (tertiary/aromatic N) is 2. The van der Waals surface area contributed by atoms with Crippen LogP contribution < -0.4 is 0 Å². The Morgan fingerprint density at radius 3 is 2.82 bits per heavy atom. The first-order chi connectivity index (χ1) is 8.10. The summed E-state index contributed by atoms with van der Waals surface area (Å²) in [5, 5.41) is 0. The Kier molecular flexibility index (Phi) is 3.33. The van der Waals surface area contributed by atoms with Crippen molar-refractivity contribution in [1.29, 1.82) is 0 Å². The SMILES string of the molecule is CCC(C)c1nc2ccc(Br)c(C)n2c1C=O. The molecule has 0 spiro atoms. The van der Waals surface area contributed by atoms with Crippen LogP contribution in [0.5, 0.6) is 0 Å². The second-order valence-electron chi connectivity index (χ2n) is 4.27. The van der Waals surface area contributed by atoms with Gasteiger partial charge in [0.1, 0.15) is 11.3 Å². The van der Waals surface area contributed by atoms with Gasteiger partial charge >= 0.3 is 0 Å². The Morgan fingerprint density at radius 1 is 1.53 bits per heavy atom. The Balaban J connectivity index is 2.81. The Morgan fingerprint density at radius 2 is 2.24 bits per heavy atom. The van der Waals surface area contributed by atoms with Crippen LogP contribution in [0.3, 0.4) is 0 Å². The minimum absolute atomic E-state index is 0.299. The Hall–Kier alpha value is -1.16. The van der Waals surface area contributed by atoms with E-state index in [2.05, 4.69) is 34.8 Å². The van der Waals surface area contributed by atoms with Crippen LogP contribution in [0.4, 0.5) is 0 Å². The van der Waals surface area contributed by atoms with Gasteiger partial charge in [-0.25, -0.2) is 4.98 Å². The van der Waals surface area contributed by atoms with E-state index in [-0.39, 0.29) is 0 Å². The van der Waals surface area contributed by atoms with E-state index >= 15 is 0 Å². The maximum absolute atomic E-state index is 11.3. The van der Waals surface area contributed by atoms with Gasteiger partial charge in [0.2, 0.25) is 0 Å². The predicted molar refractivity (Wildman–Crippen MR) is 71.7 cm³/mol. The molecule has 0 aliphatic heterocycles. The summed E-state index contributed by atoms with van der Waals surface area (Å²) in [6.07, 6.45) is 1.88. The molecule has 4 heteroatoms. The minimum atomic E-state index is 0.299. The molecule has 0 bridgehead atoms. The third-order valence-electron chi connectivity index (χ3n) is 3.22. The van der Waals surface area contributed by atoms with Gasteiger partial charge in [0.25, 0.3) is 0 Å². The summed E-state index contributed by atoms with van der Waals surface area (Å²) < 4.78 is 2.90. The van der Waals surface area contributed by atoms with Crippen molar-refractivity contribution in [2.24, 2.45) is 0 Å². The Labute approximate surface area is 109 Å². The number of carbonyl (C=O) groups is 1. The molecule has 0 saturated carbocycles. The fraction of sp³-hybridized carbons (Fsp3) is 0.385. The predicted octanol–water partition coefficient (Wildman–Crippen LogP) is 3.73. The van der Waals surface area contributed by atoms with Gasteiger partial charge in [-0.1, -0.05) is 13.8 Å². The number of hydrogen-bond donors (Lipinski definition) is 0. The standard InChI is InChI=1S/C13H15BrN2O/c1-4-8(2)13-11(7-17)16-9(3)10(14)5-6-12(16)15-13/h5-8H,4H2,1-3H3. The van der Waals surface area contributed by atoms with Crippen LogP contribution in [0.1, 0.15) is 48.1 Å². The smallest absolute Gasteiger partial charge is 0.168 e. The number of halogens is 1. The number of aldehydes is 1. The first-order valence-corrected chi connectivity index (χ1v) is 6.52. The molecule has 0 saturated heterocycles. The lowest BCUT2D eigenvalue weighted by Gasteiger charge is -2.06. The molecule has 0 radical (unpaired) electrons. The average molecular weight is 295 g/mol. The molecule has 0 aromatic carbocycles. The van der Waals surface area contributed by atoms with E-state index in [1.807, 2.05) is 23.5 Å². The van der Waals surface area contributed by atoms with Gasteiger partial charge in [-0.3, -0.25) is 9.20 Å². The number of imidazole rings is 1. The lowest BCUT2D eigenvalue weighted by Crippen LogP contribution is -2.01. The molecule has 1 unspecified atom stereocenters. The minimum Gasteiger partial charge on any atom is -0.296 e. The fourth-order valence-electron chi connectivity index (χ4n) is 1.98. The highest BCUT2D eigenvalue weighted by molar-refractivity contribution is 9.10. The van der Waals surface area contributed by atoms with E-state index in [1.165, 1.54) is 0 Å². The highest BCUT2D eigenvalue weighted by Crippen LogP contribution is 2.26. The number of aryl methyl sites for hydroxylation is 1. The van der Waals surface area contributed by atoms with Gasteiger partial charge in [-0.05, 0) is 41.4 Å². The molecule has 2 aromatic heterocycles. The van der Waals surface area contributed by atoms with Crippen LogP contribution in [0.25, 0.3) is 5.65 Å². The number of fused-ring (bicyclic) bond motifs is 1. The molecular weight excluding hydrogens is 280 g/mol. The zero-order chi connectivity index (χ0) is 12.6. The number of aromatic nitrogens is 2. The highest BCUT2D eigenvalue weighted by Gasteiger charge is 2.17. The molecule has 1 atom stereocenters. The lowest BCUT2D eigenvalue weighted by molar-refractivity contribution is 0.111. The van der Waals surface area contributed by atoms with E-state index in [1.54, 1.807) is 0 Å². The third-order valence-corrected chi connectivity index (χ3v) is 4.06. The maximum atomic E-state index is 11.3. The molecule has 2 rings (SSSR count). The summed E-state index contributed by atoms with van der Waals surface area (Å²) >= 11 is 3.48. The molecule has 0 amide bonds. The second kappa shape index (κ2) is 4.61. The van der Waals surface area contributed by atoms with E-state index in [4.69, 9.17) is 0 Å². The largest absolute Gasteiger partial charge is 0.296 e. The molecule has 0 aliphatic carbocycles. The monoisotopic (exact) mass is 294 g/mol. The van der Waals surface area contributed by atoms with Crippen LogP contribution in [0, 0.1) is 6.92 Å². The number of hydrogen-bond acceptors (Lipinski definition) is 2.